The first kappa shape index (κ1) is 16.1. The summed E-state index contributed by atoms with van der Waals surface area (Å²) in [5, 5.41) is 5.58. The molecule has 0 amide bonds. The molecule has 2 fully saturated rings. The average molecular weight is 365 g/mol. The predicted molar refractivity (Wildman–Crippen MR) is 98.4 cm³/mol. The molecule has 0 spiro atoms. The number of halogens is 1. The van der Waals surface area contributed by atoms with E-state index in [1.165, 1.54) is 23.4 Å². The van der Waals surface area contributed by atoms with Gasteiger partial charge < -0.3 is 14.4 Å². The molecular weight excluding hydrogens is 342 g/mol. The van der Waals surface area contributed by atoms with Gasteiger partial charge in [0.15, 0.2) is 6.67 Å². The number of nitrogens with zero attached hydrogens (tertiary/aromatic N) is 4. The fourth-order valence-corrected chi connectivity index (χ4v) is 3.81. The minimum absolute atomic E-state index is 0.632. The summed E-state index contributed by atoms with van der Waals surface area (Å²) < 4.78 is 4.96. The molecule has 1 N–H and O–H groups in total. The molecular formula is C17H23ClN5S+. The van der Waals surface area contributed by atoms with E-state index >= 15 is 0 Å². The second-order valence-electron chi connectivity index (χ2n) is 6.85. The molecule has 0 unspecified atom stereocenters. The lowest BCUT2D eigenvalue weighted by molar-refractivity contribution is -0.924. The molecule has 2 aromatic rings. The molecule has 2 aliphatic rings. The van der Waals surface area contributed by atoms with Crippen molar-refractivity contribution in [3.8, 4) is 0 Å². The molecule has 1 saturated heterocycles. The lowest BCUT2D eigenvalue weighted by atomic mass is 10.2. The highest BCUT2D eigenvalue weighted by atomic mass is 35.5. The third-order valence-corrected chi connectivity index (χ3v) is 5.75. The molecule has 1 aliphatic heterocycles. The fraction of sp³-hybridized carbons (Fsp3) is 0.529. The van der Waals surface area contributed by atoms with Gasteiger partial charge in [0.1, 0.15) is 5.82 Å². The molecule has 0 radical (unpaired) electrons. The van der Waals surface area contributed by atoms with Crippen LogP contribution in [0.3, 0.4) is 0 Å². The number of quaternary nitrogens is 1. The summed E-state index contributed by atoms with van der Waals surface area (Å²) in [6.45, 7) is 5.10. The highest BCUT2D eigenvalue weighted by Crippen LogP contribution is 2.38. The molecule has 24 heavy (non-hydrogen) atoms. The predicted octanol–water partition coefficient (Wildman–Crippen LogP) is 1.84. The van der Waals surface area contributed by atoms with Crippen LogP contribution in [-0.2, 0) is 13.7 Å². The zero-order valence-corrected chi connectivity index (χ0v) is 15.5. The molecule has 128 valence electrons. The quantitative estimate of drug-likeness (QED) is 0.840. The van der Waals surface area contributed by atoms with Gasteiger partial charge in [-0.3, -0.25) is 0 Å². The zero-order chi connectivity index (χ0) is 16.7. The van der Waals surface area contributed by atoms with Crippen LogP contribution in [0.25, 0.3) is 0 Å². The third-order valence-electron chi connectivity index (χ3n) is 5.03. The number of rotatable bonds is 4. The second kappa shape index (κ2) is 6.50. The minimum Gasteiger partial charge on any atom is -0.360 e. The maximum Gasteiger partial charge on any atom is 0.202 e. The minimum atomic E-state index is 0.632. The summed E-state index contributed by atoms with van der Waals surface area (Å²) in [4.78, 5) is 3.94. The normalized spacial score (nSPS) is 19.0. The summed E-state index contributed by atoms with van der Waals surface area (Å²) in [5.41, 5.74) is 1.21. The van der Waals surface area contributed by atoms with Crippen LogP contribution in [0.5, 0.6) is 0 Å². The third kappa shape index (κ3) is 3.23. The summed E-state index contributed by atoms with van der Waals surface area (Å²) in [6, 6.07) is 8.12. The van der Waals surface area contributed by atoms with Gasteiger partial charge in [0.05, 0.1) is 26.2 Å². The van der Waals surface area contributed by atoms with E-state index in [1.807, 2.05) is 29.9 Å². The molecule has 0 bridgehead atoms. The molecule has 0 atom stereocenters. The van der Waals surface area contributed by atoms with Crippen LogP contribution in [0.1, 0.15) is 24.6 Å². The Balaban J connectivity index is 1.40. The first-order chi connectivity index (χ1) is 11.6. The van der Waals surface area contributed by atoms with Crippen molar-refractivity contribution in [2.24, 2.45) is 7.05 Å². The maximum atomic E-state index is 6.11. The van der Waals surface area contributed by atoms with Gasteiger partial charge in [-0.15, -0.1) is 0 Å². The Labute approximate surface area is 152 Å². The molecule has 1 saturated carbocycles. The fourth-order valence-electron chi connectivity index (χ4n) is 3.43. The Morgan fingerprint density at radius 1 is 1.29 bits per heavy atom. The zero-order valence-electron chi connectivity index (χ0n) is 13.9. The average Bonchev–Trinajstić information content (AvgIpc) is 3.39. The van der Waals surface area contributed by atoms with Crippen LogP contribution >= 0.6 is 23.8 Å². The Morgan fingerprint density at radius 2 is 2.04 bits per heavy atom. The van der Waals surface area contributed by atoms with E-state index in [4.69, 9.17) is 28.9 Å². The van der Waals surface area contributed by atoms with Gasteiger partial charge in [0, 0.05) is 23.7 Å². The summed E-state index contributed by atoms with van der Waals surface area (Å²) >= 11 is 11.7. The van der Waals surface area contributed by atoms with Crippen molar-refractivity contribution in [1.82, 2.24) is 14.3 Å². The number of hydrogen-bond donors (Lipinski definition) is 1. The number of piperazine rings is 1. The van der Waals surface area contributed by atoms with Gasteiger partial charge in [0.2, 0.25) is 4.77 Å². The van der Waals surface area contributed by atoms with E-state index < -0.39 is 0 Å². The van der Waals surface area contributed by atoms with Gasteiger partial charge in [-0.2, -0.15) is 9.78 Å². The monoisotopic (exact) mass is 364 g/mol. The van der Waals surface area contributed by atoms with Crippen molar-refractivity contribution in [2.45, 2.75) is 25.4 Å². The molecule has 2 heterocycles. The Morgan fingerprint density at radius 3 is 2.71 bits per heavy atom. The van der Waals surface area contributed by atoms with E-state index in [-0.39, 0.29) is 0 Å². The first-order valence-corrected chi connectivity index (χ1v) is 9.38. The smallest absolute Gasteiger partial charge is 0.202 e. The number of anilines is 1. The van der Waals surface area contributed by atoms with Gasteiger partial charge in [-0.1, -0.05) is 17.7 Å². The van der Waals surface area contributed by atoms with Crippen LogP contribution in [0.15, 0.2) is 24.3 Å². The van der Waals surface area contributed by atoms with Crippen LogP contribution < -0.4 is 9.80 Å². The van der Waals surface area contributed by atoms with Crippen LogP contribution in [0, 0.1) is 4.77 Å². The number of aromatic nitrogens is 3. The maximum absolute atomic E-state index is 6.11. The van der Waals surface area contributed by atoms with Crippen molar-refractivity contribution in [3.05, 3.63) is 39.9 Å². The number of hydrogen-bond acceptors (Lipinski definition) is 3. The summed E-state index contributed by atoms with van der Waals surface area (Å²) in [7, 11) is 2.05. The Kier molecular flexibility index (Phi) is 4.37. The summed E-state index contributed by atoms with van der Waals surface area (Å²) in [6.07, 6.45) is 2.51. The standard InChI is InChI=1S/C17H22ClN5S/c1-20-16(13-5-6-13)19-23(17(20)24)12-21-7-9-22(10-8-21)15-4-2-3-14(18)11-15/h2-4,11,13H,5-10,12H2,1H3/p+1. The van der Waals surface area contributed by atoms with E-state index in [9.17, 15) is 0 Å². The lowest BCUT2D eigenvalue weighted by Crippen LogP contribution is -3.14. The molecule has 5 nitrogen and oxygen atoms in total. The second-order valence-corrected chi connectivity index (χ2v) is 7.65. The summed E-state index contributed by atoms with van der Waals surface area (Å²) in [5.74, 6) is 1.80. The highest BCUT2D eigenvalue weighted by molar-refractivity contribution is 7.71. The molecule has 7 heteroatoms. The van der Waals surface area contributed by atoms with Crippen LogP contribution in [0.4, 0.5) is 5.69 Å². The Bertz CT molecular complexity index is 787. The van der Waals surface area contributed by atoms with Gasteiger partial charge in [-0.05, 0) is 43.3 Å². The largest absolute Gasteiger partial charge is 0.360 e. The van der Waals surface area contributed by atoms with E-state index in [1.54, 1.807) is 0 Å². The van der Waals surface area contributed by atoms with Gasteiger partial charge in [-0.25, -0.2) is 0 Å². The molecule has 1 aromatic carbocycles. The van der Waals surface area contributed by atoms with E-state index in [0.717, 1.165) is 48.5 Å². The van der Waals surface area contributed by atoms with Gasteiger partial charge in [0.25, 0.3) is 0 Å². The van der Waals surface area contributed by atoms with Crippen LogP contribution in [0.2, 0.25) is 5.02 Å². The topological polar surface area (TPSA) is 30.4 Å². The van der Waals surface area contributed by atoms with Crippen molar-refractivity contribution in [1.29, 1.82) is 0 Å². The van der Waals surface area contributed by atoms with E-state index in [0.29, 0.717) is 5.92 Å². The number of nitrogens with one attached hydrogen (secondary N) is 1. The van der Waals surface area contributed by atoms with Crippen LogP contribution in [-0.4, -0.2) is 40.5 Å². The number of benzene rings is 1. The van der Waals surface area contributed by atoms with Crippen molar-refractivity contribution < 1.29 is 4.90 Å². The SMILES string of the molecule is Cn1c(C2CC2)nn(C[NH+]2CCN(c3cccc(Cl)c3)CC2)c1=S. The Hall–Kier alpha value is -1.37. The van der Waals surface area contributed by atoms with Crippen molar-refractivity contribution in [3.63, 3.8) is 0 Å². The first-order valence-electron chi connectivity index (χ1n) is 8.59. The molecule has 4 rings (SSSR count). The highest BCUT2D eigenvalue weighted by Gasteiger charge is 2.30. The molecule has 1 aliphatic carbocycles. The van der Waals surface area contributed by atoms with Crippen molar-refractivity contribution in [2.75, 3.05) is 31.1 Å². The van der Waals surface area contributed by atoms with Gasteiger partial charge >= 0.3 is 0 Å². The molecule has 1 aromatic heterocycles. The van der Waals surface area contributed by atoms with E-state index in [2.05, 4.69) is 15.5 Å². The van der Waals surface area contributed by atoms with Crippen molar-refractivity contribution >= 4 is 29.5 Å². The lowest BCUT2D eigenvalue weighted by Gasteiger charge is -2.33.